The van der Waals surface area contributed by atoms with Gasteiger partial charge in [0.1, 0.15) is 0 Å². The molecule has 0 unspecified atom stereocenters. The molecule has 1 amide bonds. The van der Waals surface area contributed by atoms with Crippen LogP contribution in [-0.4, -0.2) is 25.7 Å². The number of anilines is 1. The predicted molar refractivity (Wildman–Crippen MR) is 95.5 cm³/mol. The summed E-state index contributed by atoms with van der Waals surface area (Å²) in [5.74, 6) is 0.270. The Kier molecular flexibility index (Phi) is 4.44. The van der Waals surface area contributed by atoms with Gasteiger partial charge in [-0.25, -0.2) is 14.6 Å². The summed E-state index contributed by atoms with van der Waals surface area (Å²) in [6, 6.07) is 7.12. The van der Waals surface area contributed by atoms with E-state index in [2.05, 4.69) is 36.3 Å². The van der Waals surface area contributed by atoms with Crippen LogP contribution in [0.5, 0.6) is 0 Å². The number of nitrogens with zero attached hydrogens (tertiary/aromatic N) is 4. The van der Waals surface area contributed by atoms with Crippen LogP contribution in [0.1, 0.15) is 27.3 Å². The summed E-state index contributed by atoms with van der Waals surface area (Å²) >= 11 is 3.34. The predicted octanol–water partition coefficient (Wildman–Crippen LogP) is 3.60. The van der Waals surface area contributed by atoms with Crippen molar-refractivity contribution in [1.82, 2.24) is 19.7 Å². The van der Waals surface area contributed by atoms with Gasteiger partial charge in [-0.2, -0.15) is 5.10 Å². The molecule has 6 nitrogen and oxygen atoms in total. The first-order chi connectivity index (χ1) is 11.5. The fraction of sp³-hybridized carbons (Fsp3) is 0.176. The maximum absolute atomic E-state index is 12.2. The van der Waals surface area contributed by atoms with E-state index in [1.54, 1.807) is 29.2 Å². The van der Waals surface area contributed by atoms with E-state index in [0.717, 1.165) is 21.4 Å². The highest BCUT2D eigenvalue weighted by atomic mass is 79.9. The van der Waals surface area contributed by atoms with Gasteiger partial charge in [0.05, 0.1) is 23.8 Å². The number of halogens is 1. The Bertz CT molecular complexity index is 885. The molecule has 122 valence electrons. The van der Waals surface area contributed by atoms with Crippen LogP contribution in [0.25, 0.3) is 5.95 Å². The minimum atomic E-state index is -0.208. The number of nitrogens with one attached hydrogen (secondary N) is 1. The van der Waals surface area contributed by atoms with E-state index in [1.165, 1.54) is 0 Å². The van der Waals surface area contributed by atoms with Crippen LogP contribution in [0.3, 0.4) is 0 Å². The molecule has 0 atom stereocenters. The van der Waals surface area contributed by atoms with Gasteiger partial charge >= 0.3 is 0 Å². The van der Waals surface area contributed by atoms with Gasteiger partial charge in [-0.3, -0.25) is 4.79 Å². The van der Waals surface area contributed by atoms with Gasteiger partial charge in [-0.1, -0.05) is 15.9 Å². The maximum atomic E-state index is 12.2. The number of rotatable bonds is 3. The van der Waals surface area contributed by atoms with Crippen molar-refractivity contribution in [2.75, 3.05) is 5.32 Å². The van der Waals surface area contributed by atoms with Gasteiger partial charge in [0.25, 0.3) is 11.9 Å². The van der Waals surface area contributed by atoms with Crippen molar-refractivity contribution in [3.8, 4) is 5.95 Å². The van der Waals surface area contributed by atoms with Crippen molar-refractivity contribution in [2.24, 2.45) is 0 Å². The molecule has 1 aromatic carbocycles. The number of benzene rings is 1. The van der Waals surface area contributed by atoms with Gasteiger partial charge < -0.3 is 5.32 Å². The first-order valence-electron chi connectivity index (χ1n) is 7.38. The quantitative estimate of drug-likeness (QED) is 0.747. The average molecular weight is 386 g/mol. The minimum absolute atomic E-state index is 0.208. The zero-order valence-corrected chi connectivity index (χ0v) is 15.1. The largest absolute Gasteiger partial charge is 0.319 e. The molecule has 3 aromatic rings. The van der Waals surface area contributed by atoms with Crippen molar-refractivity contribution < 1.29 is 4.79 Å². The number of aryl methyl sites for hydroxylation is 1. The summed E-state index contributed by atoms with van der Waals surface area (Å²) in [6.45, 7) is 5.94. The first kappa shape index (κ1) is 16.3. The van der Waals surface area contributed by atoms with Crippen LogP contribution in [0.4, 0.5) is 5.69 Å². The number of amides is 1. The zero-order valence-electron chi connectivity index (χ0n) is 13.5. The minimum Gasteiger partial charge on any atom is -0.319 e. The van der Waals surface area contributed by atoms with Gasteiger partial charge in [0.2, 0.25) is 0 Å². The molecule has 0 radical (unpaired) electrons. The molecule has 2 aromatic heterocycles. The highest BCUT2D eigenvalue weighted by Gasteiger charge is 2.12. The second-order valence-corrected chi connectivity index (χ2v) is 6.36. The molecular formula is C17H16BrN5O. The molecule has 24 heavy (non-hydrogen) atoms. The van der Waals surface area contributed by atoms with Crippen LogP contribution in [0, 0.1) is 20.8 Å². The van der Waals surface area contributed by atoms with Crippen LogP contribution in [0.15, 0.2) is 41.1 Å². The Labute approximate surface area is 148 Å². The molecule has 2 heterocycles. The molecule has 7 heteroatoms. The second-order valence-electron chi connectivity index (χ2n) is 5.44. The lowest BCUT2D eigenvalue weighted by atomic mass is 10.2. The van der Waals surface area contributed by atoms with E-state index in [9.17, 15) is 4.79 Å². The van der Waals surface area contributed by atoms with Gasteiger partial charge in [-0.15, -0.1) is 0 Å². The van der Waals surface area contributed by atoms with Crippen LogP contribution < -0.4 is 5.32 Å². The Balaban J connectivity index is 1.78. The maximum Gasteiger partial charge on any atom is 0.255 e. The van der Waals surface area contributed by atoms with Crippen LogP contribution >= 0.6 is 15.9 Å². The Morgan fingerprint density at radius 2 is 1.71 bits per heavy atom. The van der Waals surface area contributed by atoms with Crippen LogP contribution in [0.2, 0.25) is 0 Å². The number of hydrogen-bond donors (Lipinski definition) is 1. The lowest BCUT2D eigenvalue weighted by molar-refractivity contribution is 0.102. The molecule has 0 aliphatic carbocycles. The Morgan fingerprint density at radius 1 is 1.08 bits per heavy atom. The molecule has 0 spiro atoms. The number of carbonyl (C=O) groups is 1. The molecule has 0 bridgehead atoms. The monoisotopic (exact) mass is 385 g/mol. The van der Waals surface area contributed by atoms with Crippen molar-refractivity contribution in [3.63, 3.8) is 0 Å². The van der Waals surface area contributed by atoms with Crippen LogP contribution in [-0.2, 0) is 0 Å². The van der Waals surface area contributed by atoms with Gasteiger partial charge in [0.15, 0.2) is 0 Å². The summed E-state index contributed by atoms with van der Waals surface area (Å²) in [7, 11) is 0. The highest BCUT2D eigenvalue weighted by molar-refractivity contribution is 9.10. The van der Waals surface area contributed by atoms with E-state index < -0.39 is 0 Å². The Morgan fingerprint density at radius 3 is 2.25 bits per heavy atom. The molecule has 0 saturated carbocycles. The lowest BCUT2D eigenvalue weighted by Crippen LogP contribution is -2.13. The molecule has 0 fully saturated rings. The van der Waals surface area contributed by atoms with Crippen molar-refractivity contribution >= 4 is 27.5 Å². The van der Waals surface area contributed by atoms with Crippen molar-refractivity contribution in [2.45, 2.75) is 20.8 Å². The number of hydrogen-bond acceptors (Lipinski definition) is 4. The molecule has 1 N–H and O–H groups in total. The second kappa shape index (κ2) is 6.52. The third kappa shape index (κ3) is 3.21. The molecule has 0 aliphatic heterocycles. The summed E-state index contributed by atoms with van der Waals surface area (Å²) in [5.41, 5.74) is 4.16. The zero-order chi connectivity index (χ0) is 17.3. The smallest absolute Gasteiger partial charge is 0.255 e. The topological polar surface area (TPSA) is 72.7 Å². The van der Waals surface area contributed by atoms with E-state index >= 15 is 0 Å². The summed E-state index contributed by atoms with van der Waals surface area (Å²) in [6.07, 6.45) is 3.15. The standard InChI is InChI=1S/C17H16BrN5O/c1-10-11(2)22-23(12(10)3)17-19-8-15(9-20-17)21-16(24)13-4-6-14(18)7-5-13/h4-9H,1-3H3,(H,21,24). The van der Waals surface area contributed by atoms with E-state index in [0.29, 0.717) is 17.2 Å². The van der Waals surface area contributed by atoms with E-state index in [1.807, 2.05) is 32.9 Å². The summed E-state index contributed by atoms with van der Waals surface area (Å²) < 4.78 is 2.62. The van der Waals surface area contributed by atoms with Crippen molar-refractivity contribution in [1.29, 1.82) is 0 Å². The lowest BCUT2D eigenvalue weighted by Gasteiger charge is -2.06. The molecule has 0 saturated heterocycles. The number of carbonyl (C=O) groups excluding carboxylic acids is 1. The SMILES string of the molecule is Cc1nn(-c2ncc(NC(=O)c3ccc(Br)cc3)cn2)c(C)c1C. The summed E-state index contributed by atoms with van der Waals surface area (Å²) in [5, 5.41) is 7.20. The fourth-order valence-corrected chi connectivity index (χ4v) is 2.48. The fourth-order valence-electron chi connectivity index (χ4n) is 2.22. The van der Waals surface area contributed by atoms with Gasteiger partial charge in [-0.05, 0) is 50.6 Å². The van der Waals surface area contributed by atoms with E-state index in [-0.39, 0.29) is 5.91 Å². The average Bonchev–Trinajstić information content (AvgIpc) is 2.84. The molecule has 0 aliphatic rings. The normalized spacial score (nSPS) is 10.7. The molecular weight excluding hydrogens is 370 g/mol. The van der Waals surface area contributed by atoms with Crippen molar-refractivity contribution in [3.05, 3.63) is 63.6 Å². The third-order valence-corrected chi connectivity index (χ3v) is 4.37. The third-order valence-electron chi connectivity index (χ3n) is 3.85. The van der Waals surface area contributed by atoms with E-state index in [4.69, 9.17) is 0 Å². The highest BCUT2D eigenvalue weighted by Crippen LogP contribution is 2.16. The first-order valence-corrected chi connectivity index (χ1v) is 8.17. The summed E-state index contributed by atoms with van der Waals surface area (Å²) in [4.78, 5) is 20.8. The molecule has 3 rings (SSSR count). The number of aromatic nitrogens is 4. The van der Waals surface area contributed by atoms with Gasteiger partial charge in [0, 0.05) is 15.7 Å². The Hall–Kier alpha value is -2.54.